The molecule has 0 spiro atoms. The number of rotatable bonds is 8. The van der Waals surface area contributed by atoms with Crippen molar-refractivity contribution >= 4 is 5.97 Å². The first-order chi connectivity index (χ1) is 7.08. The number of methoxy groups -OCH3 is 1. The van der Waals surface area contributed by atoms with Gasteiger partial charge in [0.15, 0.2) is 0 Å². The van der Waals surface area contributed by atoms with Crippen LogP contribution in [0.4, 0.5) is 0 Å². The van der Waals surface area contributed by atoms with Crippen molar-refractivity contribution in [1.29, 1.82) is 0 Å². The lowest BCUT2D eigenvalue weighted by atomic mass is 9.81. The molecule has 1 atom stereocenters. The zero-order valence-electron chi connectivity index (χ0n) is 10.3. The van der Waals surface area contributed by atoms with E-state index < -0.39 is 0 Å². The number of esters is 1. The van der Waals surface area contributed by atoms with E-state index in [1.807, 2.05) is 0 Å². The van der Waals surface area contributed by atoms with Crippen LogP contribution in [-0.2, 0) is 9.53 Å². The monoisotopic (exact) mass is 215 g/mol. The molecule has 3 nitrogen and oxygen atoms in total. The molecule has 3 heteroatoms. The Kier molecular flexibility index (Phi) is 7.39. The summed E-state index contributed by atoms with van der Waals surface area (Å²) < 4.78 is 4.68. The van der Waals surface area contributed by atoms with Crippen molar-refractivity contribution in [3.8, 4) is 0 Å². The molecular formula is C12H25NO2. The van der Waals surface area contributed by atoms with Crippen LogP contribution in [0.2, 0.25) is 0 Å². The van der Waals surface area contributed by atoms with Crippen molar-refractivity contribution in [2.75, 3.05) is 13.7 Å². The fraction of sp³-hybridized carbons (Fsp3) is 0.917. The van der Waals surface area contributed by atoms with Crippen LogP contribution in [0.15, 0.2) is 0 Å². The molecule has 0 radical (unpaired) electrons. The second-order valence-electron chi connectivity index (χ2n) is 4.58. The highest BCUT2D eigenvalue weighted by molar-refractivity contribution is 5.70. The van der Waals surface area contributed by atoms with Crippen molar-refractivity contribution in [3.63, 3.8) is 0 Å². The van der Waals surface area contributed by atoms with Crippen LogP contribution in [-0.4, -0.2) is 19.6 Å². The molecular weight excluding hydrogens is 190 g/mol. The van der Waals surface area contributed by atoms with Crippen LogP contribution in [0.1, 0.15) is 52.4 Å². The number of carbonyl (C=O) groups excluding carboxylic acids is 1. The van der Waals surface area contributed by atoms with E-state index in [1.165, 1.54) is 26.4 Å². The number of nitrogens with two attached hydrogens (primary N) is 1. The van der Waals surface area contributed by atoms with Crippen LogP contribution in [0, 0.1) is 5.41 Å². The maximum Gasteiger partial charge on any atom is 0.306 e. The average molecular weight is 215 g/mol. The van der Waals surface area contributed by atoms with Crippen molar-refractivity contribution in [2.24, 2.45) is 11.1 Å². The minimum atomic E-state index is -0.154. The minimum Gasteiger partial charge on any atom is -0.469 e. The predicted molar refractivity (Wildman–Crippen MR) is 62.6 cm³/mol. The fourth-order valence-corrected chi connectivity index (χ4v) is 1.66. The zero-order chi connectivity index (χ0) is 11.7. The van der Waals surface area contributed by atoms with Gasteiger partial charge in [-0.05, 0) is 18.4 Å². The maximum atomic E-state index is 11.2. The first-order valence-corrected chi connectivity index (χ1v) is 5.85. The molecule has 0 aliphatic heterocycles. The summed E-state index contributed by atoms with van der Waals surface area (Å²) >= 11 is 0. The van der Waals surface area contributed by atoms with Crippen LogP contribution in [0.25, 0.3) is 0 Å². The second kappa shape index (κ2) is 7.69. The third kappa shape index (κ3) is 6.50. The SMILES string of the molecule is CCCCCCC(C)(CN)CC(=O)OC. The normalized spacial score (nSPS) is 14.7. The zero-order valence-corrected chi connectivity index (χ0v) is 10.3. The lowest BCUT2D eigenvalue weighted by Crippen LogP contribution is -2.30. The Hall–Kier alpha value is -0.570. The average Bonchev–Trinajstić information content (AvgIpc) is 2.24. The van der Waals surface area contributed by atoms with Gasteiger partial charge in [0.05, 0.1) is 13.5 Å². The third-order valence-electron chi connectivity index (χ3n) is 2.93. The highest BCUT2D eigenvalue weighted by Gasteiger charge is 2.25. The molecule has 90 valence electrons. The summed E-state index contributed by atoms with van der Waals surface area (Å²) in [6, 6.07) is 0. The molecule has 1 unspecified atom stereocenters. The standard InChI is InChI=1S/C12H25NO2/c1-4-5-6-7-8-12(2,10-13)9-11(14)15-3/h4-10,13H2,1-3H3. The van der Waals surface area contributed by atoms with Gasteiger partial charge in [-0.2, -0.15) is 0 Å². The van der Waals surface area contributed by atoms with Gasteiger partial charge in [-0.3, -0.25) is 4.79 Å². The summed E-state index contributed by atoms with van der Waals surface area (Å²) in [6.45, 7) is 4.81. The summed E-state index contributed by atoms with van der Waals surface area (Å²) in [5.74, 6) is -0.154. The number of carbonyl (C=O) groups is 1. The molecule has 0 fully saturated rings. The molecule has 0 heterocycles. The fourth-order valence-electron chi connectivity index (χ4n) is 1.66. The molecule has 0 aromatic carbocycles. The Labute approximate surface area is 93.4 Å². The van der Waals surface area contributed by atoms with Crippen LogP contribution in [0.5, 0.6) is 0 Å². The van der Waals surface area contributed by atoms with Gasteiger partial charge >= 0.3 is 5.97 Å². The highest BCUT2D eigenvalue weighted by Crippen LogP contribution is 2.27. The van der Waals surface area contributed by atoms with E-state index in [1.54, 1.807) is 0 Å². The summed E-state index contributed by atoms with van der Waals surface area (Å²) in [5.41, 5.74) is 5.63. The quantitative estimate of drug-likeness (QED) is 0.500. The summed E-state index contributed by atoms with van der Waals surface area (Å²) in [7, 11) is 1.43. The maximum absolute atomic E-state index is 11.2. The first-order valence-electron chi connectivity index (χ1n) is 5.85. The lowest BCUT2D eigenvalue weighted by Gasteiger charge is -2.26. The lowest BCUT2D eigenvalue weighted by molar-refractivity contribution is -0.143. The van der Waals surface area contributed by atoms with Gasteiger partial charge < -0.3 is 10.5 Å². The van der Waals surface area contributed by atoms with Crippen molar-refractivity contribution < 1.29 is 9.53 Å². The van der Waals surface area contributed by atoms with Gasteiger partial charge in [-0.1, -0.05) is 39.5 Å². The van der Waals surface area contributed by atoms with Gasteiger partial charge in [-0.15, -0.1) is 0 Å². The Morgan fingerprint density at radius 1 is 1.33 bits per heavy atom. The minimum absolute atomic E-state index is 0.0825. The van der Waals surface area contributed by atoms with Gasteiger partial charge in [0, 0.05) is 0 Å². The van der Waals surface area contributed by atoms with E-state index in [2.05, 4.69) is 18.6 Å². The third-order valence-corrected chi connectivity index (χ3v) is 2.93. The first kappa shape index (κ1) is 14.4. The molecule has 15 heavy (non-hydrogen) atoms. The van der Waals surface area contributed by atoms with Crippen molar-refractivity contribution in [1.82, 2.24) is 0 Å². The van der Waals surface area contributed by atoms with Crippen LogP contribution in [0.3, 0.4) is 0 Å². The number of hydrogen-bond acceptors (Lipinski definition) is 3. The molecule has 2 N–H and O–H groups in total. The summed E-state index contributed by atoms with van der Waals surface area (Å²) in [4.78, 5) is 11.2. The van der Waals surface area contributed by atoms with E-state index in [-0.39, 0.29) is 11.4 Å². The molecule has 0 aromatic heterocycles. The van der Waals surface area contributed by atoms with E-state index in [4.69, 9.17) is 5.73 Å². The number of ether oxygens (including phenoxy) is 1. The second-order valence-corrected chi connectivity index (χ2v) is 4.58. The van der Waals surface area contributed by atoms with E-state index in [9.17, 15) is 4.79 Å². The Bertz CT molecular complexity index is 182. The molecule has 0 saturated carbocycles. The van der Waals surface area contributed by atoms with Crippen LogP contribution >= 0.6 is 0 Å². The predicted octanol–water partition coefficient (Wildman–Crippen LogP) is 2.48. The van der Waals surface area contributed by atoms with Crippen molar-refractivity contribution in [2.45, 2.75) is 52.4 Å². The van der Waals surface area contributed by atoms with Crippen LogP contribution < -0.4 is 5.73 Å². The Morgan fingerprint density at radius 2 is 2.00 bits per heavy atom. The number of hydrogen-bond donors (Lipinski definition) is 1. The van der Waals surface area contributed by atoms with E-state index >= 15 is 0 Å². The topological polar surface area (TPSA) is 52.3 Å². The summed E-state index contributed by atoms with van der Waals surface area (Å²) in [6.07, 6.45) is 6.33. The summed E-state index contributed by atoms with van der Waals surface area (Å²) in [5, 5.41) is 0. The molecule has 0 aliphatic carbocycles. The van der Waals surface area contributed by atoms with E-state index in [0.29, 0.717) is 13.0 Å². The van der Waals surface area contributed by atoms with Gasteiger partial charge in [0.2, 0.25) is 0 Å². The molecule has 0 aliphatic rings. The molecule has 0 amide bonds. The van der Waals surface area contributed by atoms with E-state index in [0.717, 1.165) is 12.8 Å². The van der Waals surface area contributed by atoms with Gasteiger partial charge in [-0.25, -0.2) is 0 Å². The Morgan fingerprint density at radius 3 is 2.47 bits per heavy atom. The van der Waals surface area contributed by atoms with Crippen molar-refractivity contribution in [3.05, 3.63) is 0 Å². The van der Waals surface area contributed by atoms with Gasteiger partial charge in [0.25, 0.3) is 0 Å². The molecule has 0 rings (SSSR count). The molecule has 0 saturated heterocycles. The van der Waals surface area contributed by atoms with Gasteiger partial charge in [0.1, 0.15) is 0 Å². The highest BCUT2D eigenvalue weighted by atomic mass is 16.5. The Balaban J connectivity index is 3.90. The molecule has 0 bridgehead atoms. The number of unbranched alkanes of at least 4 members (excludes halogenated alkanes) is 3. The smallest absolute Gasteiger partial charge is 0.306 e. The molecule has 0 aromatic rings. The largest absolute Gasteiger partial charge is 0.469 e.